The molecule has 2 N–H and O–H groups in total. The number of amides is 1. The minimum Gasteiger partial charge on any atom is -0.388 e. The zero-order valence-electron chi connectivity index (χ0n) is 11.5. The molecule has 0 bridgehead atoms. The Labute approximate surface area is 118 Å². The number of aliphatic hydroxyl groups is 1. The van der Waals surface area contributed by atoms with E-state index < -0.39 is 5.60 Å². The molecule has 2 rings (SSSR count). The maximum atomic E-state index is 11.5. The van der Waals surface area contributed by atoms with Crippen molar-refractivity contribution in [2.45, 2.75) is 24.9 Å². The predicted molar refractivity (Wildman–Crippen MR) is 74.0 cm³/mol. The number of pyridine rings is 1. The first kappa shape index (κ1) is 14.3. The van der Waals surface area contributed by atoms with E-state index in [1.165, 1.54) is 0 Å². The third-order valence-electron chi connectivity index (χ3n) is 3.55. The van der Waals surface area contributed by atoms with Crippen LogP contribution in [0.4, 0.5) is 5.69 Å². The predicted octanol–water partition coefficient (Wildman–Crippen LogP) is 0.421. The van der Waals surface area contributed by atoms with Crippen LogP contribution in [0.25, 0.3) is 0 Å². The number of carbonyl (C=O) groups is 1. The van der Waals surface area contributed by atoms with Crippen molar-refractivity contribution in [2.75, 3.05) is 25.0 Å². The van der Waals surface area contributed by atoms with Crippen LogP contribution in [-0.2, 0) is 4.79 Å². The molecule has 1 fully saturated rings. The number of nitrogens with one attached hydrogen (secondary N) is 1. The zero-order chi connectivity index (χ0) is 14.6. The highest BCUT2D eigenvalue weighted by molar-refractivity contribution is 5.76. The highest BCUT2D eigenvalue weighted by Crippen LogP contribution is 2.28. The van der Waals surface area contributed by atoms with E-state index in [1.807, 2.05) is 17.0 Å². The van der Waals surface area contributed by atoms with Crippen molar-refractivity contribution >= 4 is 11.6 Å². The molecule has 0 radical (unpaired) electrons. The second-order valence-corrected chi connectivity index (χ2v) is 5.11. The standard InChI is InChI=1S/C14H18N4O2/c1-16-13(19)7-14(20)5-2-6-18(10-14)12-4-3-11(8-15)17-9-12/h3-4,9,20H,2,5-7,10H2,1H3,(H,16,19). The van der Waals surface area contributed by atoms with Crippen molar-refractivity contribution in [2.24, 2.45) is 0 Å². The molecule has 0 aromatic carbocycles. The number of hydrogen-bond donors (Lipinski definition) is 2. The van der Waals surface area contributed by atoms with Crippen LogP contribution in [0.15, 0.2) is 18.3 Å². The number of rotatable bonds is 3. The van der Waals surface area contributed by atoms with Gasteiger partial charge in [0.2, 0.25) is 5.91 Å². The molecule has 6 heteroatoms. The molecule has 1 aromatic rings. The normalized spacial score (nSPS) is 22.1. The molecule has 1 amide bonds. The quantitative estimate of drug-likeness (QED) is 0.834. The lowest BCUT2D eigenvalue weighted by molar-refractivity contribution is -0.125. The van der Waals surface area contributed by atoms with Crippen molar-refractivity contribution < 1.29 is 9.90 Å². The third-order valence-corrected chi connectivity index (χ3v) is 3.55. The molecule has 106 valence electrons. The summed E-state index contributed by atoms with van der Waals surface area (Å²) in [4.78, 5) is 17.5. The first-order valence-corrected chi connectivity index (χ1v) is 6.60. The molecule has 0 spiro atoms. The van der Waals surface area contributed by atoms with Gasteiger partial charge in [0.1, 0.15) is 11.8 Å². The van der Waals surface area contributed by atoms with Crippen LogP contribution in [0.5, 0.6) is 0 Å². The second-order valence-electron chi connectivity index (χ2n) is 5.11. The summed E-state index contributed by atoms with van der Waals surface area (Å²) < 4.78 is 0. The molecular weight excluding hydrogens is 256 g/mol. The monoisotopic (exact) mass is 274 g/mol. The molecule has 1 aliphatic rings. The summed E-state index contributed by atoms with van der Waals surface area (Å²) in [7, 11) is 1.57. The molecule has 1 aliphatic heterocycles. The first-order chi connectivity index (χ1) is 9.56. The summed E-state index contributed by atoms with van der Waals surface area (Å²) in [5.74, 6) is -0.160. The first-order valence-electron chi connectivity index (χ1n) is 6.60. The van der Waals surface area contributed by atoms with Crippen molar-refractivity contribution in [3.63, 3.8) is 0 Å². The molecule has 0 aliphatic carbocycles. The van der Waals surface area contributed by atoms with Gasteiger partial charge in [-0.05, 0) is 25.0 Å². The van der Waals surface area contributed by atoms with E-state index in [2.05, 4.69) is 10.3 Å². The molecule has 6 nitrogen and oxygen atoms in total. The molecule has 1 atom stereocenters. The Kier molecular flexibility index (Phi) is 4.20. The largest absolute Gasteiger partial charge is 0.388 e. The van der Waals surface area contributed by atoms with Gasteiger partial charge < -0.3 is 15.3 Å². The Morgan fingerprint density at radius 1 is 1.65 bits per heavy atom. The van der Waals surface area contributed by atoms with Crippen molar-refractivity contribution in [1.82, 2.24) is 10.3 Å². The summed E-state index contributed by atoms with van der Waals surface area (Å²) in [6, 6.07) is 5.45. The Morgan fingerprint density at radius 3 is 3.05 bits per heavy atom. The zero-order valence-corrected chi connectivity index (χ0v) is 11.5. The SMILES string of the molecule is CNC(=O)CC1(O)CCCN(c2ccc(C#N)nc2)C1. The lowest BCUT2D eigenvalue weighted by Gasteiger charge is -2.39. The molecule has 0 saturated carbocycles. The van der Waals surface area contributed by atoms with E-state index in [4.69, 9.17) is 5.26 Å². The van der Waals surface area contributed by atoms with E-state index in [1.54, 1.807) is 19.3 Å². The lowest BCUT2D eigenvalue weighted by Crippen LogP contribution is -2.50. The highest BCUT2D eigenvalue weighted by atomic mass is 16.3. The fourth-order valence-electron chi connectivity index (χ4n) is 2.50. The van der Waals surface area contributed by atoms with Crippen LogP contribution in [0.1, 0.15) is 25.0 Å². The summed E-state index contributed by atoms with van der Waals surface area (Å²) in [6.07, 6.45) is 3.15. The topological polar surface area (TPSA) is 89.2 Å². The van der Waals surface area contributed by atoms with Gasteiger partial charge in [-0.25, -0.2) is 4.98 Å². The van der Waals surface area contributed by atoms with Gasteiger partial charge in [0, 0.05) is 20.1 Å². The molecule has 1 unspecified atom stereocenters. The maximum Gasteiger partial charge on any atom is 0.222 e. The number of nitriles is 1. The van der Waals surface area contributed by atoms with Gasteiger partial charge in [-0.2, -0.15) is 5.26 Å². The van der Waals surface area contributed by atoms with Crippen LogP contribution in [0.2, 0.25) is 0 Å². The van der Waals surface area contributed by atoms with Crippen LogP contribution < -0.4 is 10.2 Å². The number of nitrogens with zero attached hydrogens (tertiary/aromatic N) is 3. The van der Waals surface area contributed by atoms with Crippen molar-refractivity contribution in [1.29, 1.82) is 5.26 Å². The Bertz CT molecular complexity index is 523. The second kappa shape index (κ2) is 5.88. The lowest BCUT2D eigenvalue weighted by atomic mass is 9.89. The number of aromatic nitrogens is 1. The number of piperidine rings is 1. The Morgan fingerprint density at radius 2 is 2.45 bits per heavy atom. The van der Waals surface area contributed by atoms with Crippen LogP contribution in [0, 0.1) is 11.3 Å². The molecule has 1 saturated heterocycles. The minimum absolute atomic E-state index is 0.101. The fourth-order valence-corrected chi connectivity index (χ4v) is 2.50. The molecular formula is C14H18N4O2. The number of β-amino-alcohol motifs (C(OH)–C–C–N with tert-alkyl or cyclic N) is 1. The minimum atomic E-state index is -1.01. The smallest absolute Gasteiger partial charge is 0.222 e. The summed E-state index contributed by atoms with van der Waals surface area (Å²) >= 11 is 0. The van der Waals surface area contributed by atoms with Crippen molar-refractivity contribution in [3.05, 3.63) is 24.0 Å². The van der Waals surface area contributed by atoms with E-state index in [0.717, 1.165) is 18.7 Å². The van der Waals surface area contributed by atoms with Gasteiger partial charge in [-0.15, -0.1) is 0 Å². The summed E-state index contributed by atoms with van der Waals surface area (Å²) in [6.45, 7) is 1.21. The van der Waals surface area contributed by atoms with Crippen LogP contribution >= 0.6 is 0 Å². The van der Waals surface area contributed by atoms with Crippen LogP contribution in [-0.4, -0.2) is 41.7 Å². The molecule has 20 heavy (non-hydrogen) atoms. The van der Waals surface area contributed by atoms with Gasteiger partial charge in [0.05, 0.1) is 23.9 Å². The van der Waals surface area contributed by atoms with Gasteiger partial charge in [-0.1, -0.05) is 0 Å². The maximum absolute atomic E-state index is 11.5. The molecule has 2 heterocycles. The Balaban J connectivity index is 2.09. The van der Waals surface area contributed by atoms with Gasteiger partial charge in [0.15, 0.2) is 0 Å². The summed E-state index contributed by atoms with van der Waals surface area (Å²) in [5.41, 5.74) is 0.220. The van der Waals surface area contributed by atoms with E-state index in [-0.39, 0.29) is 12.3 Å². The van der Waals surface area contributed by atoms with Gasteiger partial charge in [-0.3, -0.25) is 4.79 Å². The van der Waals surface area contributed by atoms with Gasteiger partial charge >= 0.3 is 0 Å². The fraction of sp³-hybridized carbons (Fsp3) is 0.500. The Hall–Kier alpha value is -2.13. The van der Waals surface area contributed by atoms with Gasteiger partial charge in [0.25, 0.3) is 0 Å². The van der Waals surface area contributed by atoms with E-state index >= 15 is 0 Å². The third kappa shape index (κ3) is 3.25. The number of anilines is 1. The van der Waals surface area contributed by atoms with E-state index in [0.29, 0.717) is 18.7 Å². The highest BCUT2D eigenvalue weighted by Gasteiger charge is 2.35. The molecule has 1 aromatic heterocycles. The van der Waals surface area contributed by atoms with Crippen LogP contribution in [0.3, 0.4) is 0 Å². The van der Waals surface area contributed by atoms with Crippen molar-refractivity contribution in [3.8, 4) is 6.07 Å². The number of carbonyl (C=O) groups excluding carboxylic acids is 1. The summed E-state index contributed by atoms with van der Waals surface area (Å²) in [5, 5.41) is 21.8. The number of hydrogen-bond acceptors (Lipinski definition) is 5. The average Bonchev–Trinajstić information content (AvgIpc) is 2.47. The van der Waals surface area contributed by atoms with E-state index in [9.17, 15) is 9.90 Å². The average molecular weight is 274 g/mol.